The van der Waals surface area contributed by atoms with Gasteiger partial charge < -0.3 is 14.6 Å². The third-order valence-corrected chi connectivity index (χ3v) is 12.4. The fourth-order valence-electron chi connectivity index (χ4n) is 9.93. The summed E-state index contributed by atoms with van der Waals surface area (Å²) in [4.78, 5) is 26.4. The molecule has 0 unspecified atom stereocenters. The number of Topliss-reactive ketones (excluding diaryl/α,β-unsaturated/α-hetero) is 1. The van der Waals surface area contributed by atoms with Crippen molar-refractivity contribution in [2.24, 2.45) is 33.5 Å². The first-order valence-electron chi connectivity index (χ1n) is 13.9. The molecule has 0 aromatic heterocycles. The summed E-state index contributed by atoms with van der Waals surface area (Å²) in [6.45, 7) is 15.2. The molecular weight excluding hydrogens is 440 g/mol. The highest BCUT2D eigenvalue weighted by atomic mass is 16.6. The van der Waals surface area contributed by atoms with Gasteiger partial charge in [-0.25, -0.2) is 0 Å². The van der Waals surface area contributed by atoms with Crippen molar-refractivity contribution < 1.29 is 24.2 Å². The molecule has 194 valence electrons. The summed E-state index contributed by atoms with van der Waals surface area (Å²) in [6.07, 6.45) is 11.5. The lowest BCUT2D eigenvalue weighted by molar-refractivity contribution is -0.175. The van der Waals surface area contributed by atoms with Crippen molar-refractivity contribution in [3.05, 3.63) is 12.2 Å². The van der Waals surface area contributed by atoms with E-state index in [-0.39, 0.29) is 39.7 Å². The van der Waals surface area contributed by atoms with Crippen LogP contribution in [-0.4, -0.2) is 39.3 Å². The molecule has 6 rings (SSSR count). The number of carbonyl (C=O) groups excluding carboxylic acids is 2. The van der Waals surface area contributed by atoms with Crippen LogP contribution in [0.4, 0.5) is 0 Å². The first kappa shape index (κ1) is 24.2. The van der Waals surface area contributed by atoms with Gasteiger partial charge in [0.1, 0.15) is 17.0 Å². The minimum Gasteiger partial charge on any atom is -0.451 e. The molecule has 2 aliphatic heterocycles. The van der Waals surface area contributed by atoms with Crippen molar-refractivity contribution in [2.75, 3.05) is 0 Å². The molecule has 6 fully saturated rings. The van der Waals surface area contributed by atoms with Crippen molar-refractivity contribution in [1.29, 1.82) is 0 Å². The Morgan fingerprint density at radius 3 is 2.26 bits per heavy atom. The molecule has 0 aromatic rings. The number of hydrogen-bond donors (Lipinski definition) is 1. The Bertz CT molecular complexity index is 1040. The molecule has 4 saturated carbocycles. The summed E-state index contributed by atoms with van der Waals surface area (Å²) < 4.78 is 13.0. The predicted octanol–water partition coefficient (Wildman–Crippen LogP) is 5.53. The second-order valence-electron chi connectivity index (χ2n) is 15.1. The Labute approximate surface area is 210 Å². The molecule has 5 nitrogen and oxygen atoms in total. The summed E-state index contributed by atoms with van der Waals surface area (Å²) >= 11 is 0. The molecule has 2 saturated heterocycles. The monoisotopic (exact) mass is 484 g/mol. The van der Waals surface area contributed by atoms with Gasteiger partial charge in [-0.3, -0.25) is 9.59 Å². The SMILES string of the molecule is CC1(C)CC[C@@]23CC[C@](C)(O)[C@@](/C=C\[C@@]45O[C@]4(C)CC[C@H]4C(C)(C)C(=O)CC[C@@]45C)(OC2=O)[C@@H]3C1. The largest absolute Gasteiger partial charge is 0.451 e. The summed E-state index contributed by atoms with van der Waals surface area (Å²) in [7, 11) is 0. The van der Waals surface area contributed by atoms with Crippen LogP contribution in [0.5, 0.6) is 0 Å². The standard InChI is InChI=1S/C30H44O5/c1-23(2)12-14-28-15-13-26(6,33)29(20(28)18-23,34-22(28)32)16-17-30-25(5)10-9-21(31)24(3,4)19(25)8-11-27(30,7)35-30/h16-17,19-20,33H,8-15,18H2,1-7H3/b17-16-/t19-,20+,25-,26-,27+,28-,29-,30-/m0/s1. The lowest BCUT2D eigenvalue weighted by Gasteiger charge is -2.56. The number of hydrogen-bond acceptors (Lipinski definition) is 5. The summed E-state index contributed by atoms with van der Waals surface area (Å²) in [5.41, 5.74) is -3.90. The van der Waals surface area contributed by atoms with Gasteiger partial charge in [0.2, 0.25) is 0 Å². The van der Waals surface area contributed by atoms with Crippen molar-refractivity contribution in [2.45, 2.75) is 129 Å². The van der Waals surface area contributed by atoms with Crippen LogP contribution in [0.1, 0.15) is 106 Å². The molecule has 0 aromatic carbocycles. The van der Waals surface area contributed by atoms with Crippen LogP contribution in [0.2, 0.25) is 0 Å². The number of rotatable bonds is 2. The maximum absolute atomic E-state index is 13.5. The highest BCUT2D eigenvalue weighted by molar-refractivity contribution is 5.86. The lowest BCUT2D eigenvalue weighted by Crippen LogP contribution is -2.62. The van der Waals surface area contributed by atoms with Gasteiger partial charge >= 0.3 is 5.97 Å². The van der Waals surface area contributed by atoms with Gasteiger partial charge in [0.25, 0.3) is 0 Å². The Morgan fingerprint density at radius 1 is 0.857 bits per heavy atom. The minimum atomic E-state index is -1.13. The van der Waals surface area contributed by atoms with Crippen molar-refractivity contribution in [1.82, 2.24) is 0 Å². The first-order valence-corrected chi connectivity index (χ1v) is 13.9. The van der Waals surface area contributed by atoms with Gasteiger partial charge in [0, 0.05) is 23.2 Å². The fourth-order valence-corrected chi connectivity index (χ4v) is 9.93. The Kier molecular flexibility index (Phi) is 4.44. The van der Waals surface area contributed by atoms with E-state index in [1.165, 1.54) is 0 Å². The van der Waals surface area contributed by atoms with Crippen LogP contribution in [0, 0.1) is 33.5 Å². The van der Waals surface area contributed by atoms with E-state index >= 15 is 0 Å². The molecule has 2 heterocycles. The minimum absolute atomic E-state index is 0.0378. The zero-order chi connectivity index (χ0) is 25.5. The molecule has 1 N–H and O–H groups in total. The molecule has 2 bridgehead atoms. The average molecular weight is 485 g/mol. The van der Waals surface area contributed by atoms with E-state index in [9.17, 15) is 14.7 Å². The Hall–Kier alpha value is -1.20. The fraction of sp³-hybridized carbons (Fsp3) is 0.867. The average Bonchev–Trinajstić information content (AvgIpc) is 3.33. The molecule has 0 spiro atoms. The van der Waals surface area contributed by atoms with E-state index in [0.29, 0.717) is 25.0 Å². The van der Waals surface area contributed by atoms with Gasteiger partial charge in [-0.2, -0.15) is 0 Å². The van der Waals surface area contributed by atoms with Crippen molar-refractivity contribution >= 4 is 11.8 Å². The van der Waals surface area contributed by atoms with Gasteiger partial charge in [0.15, 0.2) is 5.60 Å². The van der Waals surface area contributed by atoms with E-state index in [1.807, 2.05) is 6.92 Å². The number of epoxide rings is 1. The second-order valence-corrected chi connectivity index (χ2v) is 15.1. The zero-order valence-electron chi connectivity index (χ0n) is 22.8. The molecule has 4 aliphatic carbocycles. The lowest BCUT2D eigenvalue weighted by atomic mass is 9.45. The molecular formula is C30H44O5. The number of ether oxygens (including phenoxy) is 2. The van der Waals surface area contributed by atoms with E-state index < -0.39 is 22.2 Å². The molecule has 0 radical (unpaired) electrons. The van der Waals surface area contributed by atoms with E-state index in [1.54, 1.807) is 0 Å². The molecule has 8 atom stereocenters. The molecule has 35 heavy (non-hydrogen) atoms. The van der Waals surface area contributed by atoms with Gasteiger partial charge in [-0.1, -0.05) is 34.6 Å². The van der Waals surface area contributed by atoms with Crippen LogP contribution in [0.3, 0.4) is 0 Å². The van der Waals surface area contributed by atoms with E-state index in [2.05, 4.69) is 53.7 Å². The Balaban J connectivity index is 1.46. The zero-order valence-corrected chi connectivity index (χ0v) is 22.8. The topological polar surface area (TPSA) is 76.1 Å². The first-order chi connectivity index (χ1) is 16.0. The number of esters is 1. The van der Waals surface area contributed by atoms with Crippen LogP contribution in [-0.2, 0) is 19.1 Å². The third kappa shape index (κ3) is 2.63. The van der Waals surface area contributed by atoms with E-state index in [0.717, 1.165) is 38.5 Å². The summed E-state index contributed by atoms with van der Waals surface area (Å²) in [5.74, 6) is 0.439. The maximum Gasteiger partial charge on any atom is 0.313 e. The van der Waals surface area contributed by atoms with Gasteiger partial charge in [-0.15, -0.1) is 0 Å². The van der Waals surface area contributed by atoms with Crippen LogP contribution in [0.15, 0.2) is 12.2 Å². The number of fused-ring (bicyclic) bond motifs is 3. The predicted molar refractivity (Wildman–Crippen MR) is 132 cm³/mol. The smallest absolute Gasteiger partial charge is 0.313 e. The summed E-state index contributed by atoms with van der Waals surface area (Å²) in [5, 5.41) is 11.8. The highest BCUT2D eigenvalue weighted by Crippen LogP contribution is 2.74. The van der Waals surface area contributed by atoms with Gasteiger partial charge in [0.05, 0.1) is 11.0 Å². The molecule has 0 amide bonds. The van der Waals surface area contributed by atoms with Gasteiger partial charge in [-0.05, 0) is 88.7 Å². The number of carbonyl (C=O) groups is 2. The second kappa shape index (κ2) is 6.43. The normalized spacial score (nSPS) is 55.7. The maximum atomic E-state index is 13.5. The molecule has 6 aliphatic rings. The van der Waals surface area contributed by atoms with E-state index in [4.69, 9.17) is 9.47 Å². The molecule has 5 heteroatoms. The van der Waals surface area contributed by atoms with Crippen LogP contribution >= 0.6 is 0 Å². The number of ketones is 1. The van der Waals surface area contributed by atoms with Crippen molar-refractivity contribution in [3.8, 4) is 0 Å². The van der Waals surface area contributed by atoms with Crippen molar-refractivity contribution in [3.63, 3.8) is 0 Å². The summed E-state index contributed by atoms with van der Waals surface area (Å²) in [6, 6.07) is 0. The third-order valence-electron chi connectivity index (χ3n) is 12.4. The highest BCUT2D eigenvalue weighted by Gasteiger charge is 2.80. The Morgan fingerprint density at radius 2 is 1.54 bits per heavy atom. The quantitative estimate of drug-likeness (QED) is 0.317. The number of aliphatic hydroxyl groups is 1. The van der Waals surface area contributed by atoms with Crippen LogP contribution in [0.25, 0.3) is 0 Å². The van der Waals surface area contributed by atoms with Crippen LogP contribution < -0.4 is 0 Å².